The summed E-state index contributed by atoms with van der Waals surface area (Å²) >= 11 is 5.97. The summed E-state index contributed by atoms with van der Waals surface area (Å²) in [4.78, 5) is 25.7. The van der Waals surface area contributed by atoms with Gasteiger partial charge in [-0.1, -0.05) is 23.7 Å². The second kappa shape index (κ2) is 6.94. The van der Waals surface area contributed by atoms with Crippen LogP contribution in [0.25, 0.3) is 6.08 Å². The molecule has 0 atom stereocenters. The fraction of sp³-hybridized carbons (Fsp3) is 0.111. The first-order valence-electron chi connectivity index (χ1n) is 7.40. The Labute approximate surface area is 148 Å². The molecule has 1 heterocycles. The van der Waals surface area contributed by atoms with Gasteiger partial charge in [-0.25, -0.2) is 9.18 Å². The molecule has 0 aliphatic carbocycles. The summed E-state index contributed by atoms with van der Waals surface area (Å²) in [6.07, 6.45) is 1.51. The average molecular weight is 361 g/mol. The number of amides is 3. The van der Waals surface area contributed by atoms with E-state index < -0.39 is 11.9 Å². The number of nitrogens with zero attached hydrogens (tertiary/aromatic N) is 1. The van der Waals surface area contributed by atoms with Crippen molar-refractivity contribution in [2.75, 3.05) is 7.11 Å². The molecule has 128 valence electrons. The Hall–Kier alpha value is -2.86. The van der Waals surface area contributed by atoms with Crippen LogP contribution in [-0.4, -0.2) is 23.9 Å². The normalized spacial score (nSPS) is 15.6. The van der Waals surface area contributed by atoms with E-state index in [2.05, 4.69) is 5.32 Å². The summed E-state index contributed by atoms with van der Waals surface area (Å²) in [5.74, 6) is -0.332. The number of hydrogen-bond donors (Lipinski definition) is 1. The molecule has 1 aliphatic rings. The zero-order valence-electron chi connectivity index (χ0n) is 13.3. The molecule has 0 unspecified atom stereocenters. The van der Waals surface area contributed by atoms with Crippen molar-refractivity contribution in [3.63, 3.8) is 0 Å². The molecular formula is C18H14ClFN2O3. The van der Waals surface area contributed by atoms with Crippen LogP contribution in [0.15, 0.2) is 48.2 Å². The molecule has 2 aromatic carbocycles. The Bertz CT molecular complexity index is 865. The van der Waals surface area contributed by atoms with Crippen molar-refractivity contribution in [3.8, 4) is 5.75 Å². The van der Waals surface area contributed by atoms with Crippen LogP contribution in [0.1, 0.15) is 11.1 Å². The highest BCUT2D eigenvalue weighted by atomic mass is 35.5. The molecule has 0 saturated carbocycles. The third-order valence-electron chi connectivity index (χ3n) is 3.71. The molecule has 25 heavy (non-hydrogen) atoms. The van der Waals surface area contributed by atoms with E-state index in [1.54, 1.807) is 18.2 Å². The van der Waals surface area contributed by atoms with Gasteiger partial charge < -0.3 is 10.1 Å². The minimum Gasteiger partial charge on any atom is -0.496 e. The maximum atomic E-state index is 13.0. The smallest absolute Gasteiger partial charge is 0.329 e. The van der Waals surface area contributed by atoms with Crippen molar-refractivity contribution >= 4 is 29.6 Å². The van der Waals surface area contributed by atoms with E-state index in [1.807, 2.05) is 0 Å². The molecule has 0 aromatic heterocycles. The number of methoxy groups -OCH3 is 1. The summed E-state index contributed by atoms with van der Waals surface area (Å²) in [6.45, 7) is 0.0506. The summed E-state index contributed by atoms with van der Waals surface area (Å²) in [5, 5.41) is 3.01. The quantitative estimate of drug-likeness (QED) is 0.669. The van der Waals surface area contributed by atoms with Gasteiger partial charge in [0, 0.05) is 10.6 Å². The monoisotopic (exact) mass is 360 g/mol. The van der Waals surface area contributed by atoms with Crippen molar-refractivity contribution < 1.29 is 18.7 Å². The van der Waals surface area contributed by atoms with Crippen molar-refractivity contribution in [3.05, 3.63) is 70.1 Å². The number of halogens is 2. The minimum absolute atomic E-state index is 0.0506. The van der Waals surface area contributed by atoms with Crippen LogP contribution in [0.3, 0.4) is 0 Å². The van der Waals surface area contributed by atoms with Gasteiger partial charge in [-0.3, -0.25) is 9.69 Å². The molecule has 0 bridgehead atoms. The van der Waals surface area contributed by atoms with E-state index in [9.17, 15) is 14.0 Å². The molecule has 2 aromatic rings. The van der Waals surface area contributed by atoms with E-state index in [4.69, 9.17) is 16.3 Å². The second-order valence-corrected chi connectivity index (χ2v) is 5.83. The molecule has 0 spiro atoms. The number of rotatable bonds is 4. The van der Waals surface area contributed by atoms with Crippen LogP contribution >= 0.6 is 11.6 Å². The van der Waals surface area contributed by atoms with Crippen LogP contribution < -0.4 is 10.1 Å². The highest BCUT2D eigenvalue weighted by molar-refractivity contribution is 6.30. The molecule has 1 fully saturated rings. The molecule has 0 radical (unpaired) electrons. The zero-order chi connectivity index (χ0) is 18.0. The largest absolute Gasteiger partial charge is 0.496 e. The average Bonchev–Trinajstić information content (AvgIpc) is 2.84. The summed E-state index contributed by atoms with van der Waals surface area (Å²) in [5.41, 5.74) is 1.33. The Kier molecular flexibility index (Phi) is 4.72. The van der Waals surface area contributed by atoms with Gasteiger partial charge in [-0.15, -0.1) is 0 Å². The SMILES string of the molecule is COc1ccc(Cl)cc1/C=C1/NC(=O)N(Cc2ccc(F)cc2)C1=O. The molecule has 1 aliphatic heterocycles. The lowest BCUT2D eigenvalue weighted by Gasteiger charge is -2.11. The van der Waals surface area contributed by atoms with Crippen LogP contribution in [0, 0.1) is 5.82 Å². The number of urea groups is 1. The topological polar surface area (TPSA) is 58.6 Å². The van der Waals surface area contributed by atoms with Gasteiger partial charge in [-0.05, 0) is 42.0 Å². The number of ether oxygens (including phenoxy) is 1. The molecule has 7 heteroatoms. The molecule has 3 rings (SSSR count). The van der Waals surface area contributed by atoms with Crippen LogP contribution in [-0.2, 0) is 11.3 Å². The van der Waals surface area contributed by atoms with Crippen molar-refractivity contribution in [1.82, 2.24) is 10.2 Å². The Balaban J connectivity index is 1.86. The Morgan fingerprint density at radius 1 is 1.20 bits per heavy atom. The van der Waals surface area contributed by atoms with E-state index >= 15 is 0 Å². The minimum atomic E-state index is -0.540. The van der Waals surface area contributed by atoms with E-state index in [0.29, 0.717) is 21.9 Å². The van der Waals surface area contributed by atoms with Crippen LogP contribution in [0.2, 0.25) is 5.02 Å². The standard InChI is InChI=1S/C18H14ClFN2O3/c1-25-16-7-4-13(19)8-12(16)9-15-17(23)22(18(24)21-15)10-11-2-5-14(20)6-3-11/h2-9H,10H2,1H3,(H,21,24)/b15-9+. The second-order valence-electron chi connectivity index (χ2n) is 5.39. The van der Waals surface area contributed by atoms with Crippen molar-refractivity contribution in [1.29, 1.82) is 0 Å². The summed E-state index contributed by atoms with van der Waals surface area (Å²) < 4.78 is 18.2. The number of nitrogens with one attached hydrogen (secondary N) is 1. The highest BCUT2D eigenvalue weighted by Gasteiger charge is 2.33. The van der Waals surface area contributed by atoms with Gasteiger partial charge in [0.05, 0.1) is 13.7 Å². The highest BCUT2D eigenvalue weighted by Crippen LogP contribution is 2.26. The van der Waals surface area contributed by atoms with Gasteiger partial charge >= 0.3 is 6.03 Å². The van der Waals surface area contributed by atoms with Gasteiger partial charge in [0.1, 0.15) is 17.3 Å². The first-order chi connectivity index (χ1) is 12.0. The fourth-order valence-electron chi connectivity index (χ4n) is 2.46. The van der Waals surface area contributed by atoms with Crippen molar-refractivity contribution in [2.45, 2.75) is 6.54 Å². The Morgan fingerprint density at radius 3 is 2.60 bits per heavy atom. The molecule has 3 amide bonds. The lowest BCUT2D eigenvalue weighted by Crippen LogP contribution is -2.30. The van der Waals surface area contributed by atoms with Gasteiger partial charge in [0.15, 0.2) is 0 Å². The van der Waals surface area contributed by atoms with Crippen LogP contribution in [0.5, 0.6) is 5.75 Å². The predicted molar refractivity (Wildman–Crippen MR) is 91.5 cm³/mol. The van der Waals surface area contributed by atoms with E-state index in [-0.39, 0.29) is 18.1 Å². The number of benzene rings is 2. The number of hydrogen-bond acceptors (Lipinski definition) is 3. The summed E-state index contributed by atoms with van der Waals surface area (Å²) in [7, 11) is 1.50. The lowest BCUT2D eigenvalue weighted by molar-refractivity contribution is -0.123. The zero-order valence-corrected chi connectivity index (χ0v) is 14.0. The van der Waals surface area contributed by atoms with Crippen molar-refractivity contribution in [2.24, 2.45) is 0 Å². The predicted octanol–water partition coefficient (Wildman–Crippen LogP) is 3.58. The maximum Gasteiger partial charge on any atom is 0.329 e. The third kappa shape index (κ3) is 3.64. The van der Waals surface area contributed by atoms with Gasteiger partial charge in [0.25, 0.3) is 5.91 Å². The van der Waals surface area contributed by atoms with Crippen LogP contribution in [0.4, 0.5) is 9.18 Å². The maximum absolute atomic E-state index is 13.0. The van der Waals surface area contributed by atoms with E-state index in [1.165, 1.54) is 37.5 Å². The van der Waals surface area contributed by atoms with E-state index in [0.717, 1.165) is 4.90 Å². The number of imide groups is 1. The molecule has 1 saturated heterocycles. The van der Waals surface area contributed by atoms with Gasteiger partial charge in [-0.2, -0.15) is 0 Å². The molecular weight excluding hydrogens is 347 g/mol. The number of carbonyl (C=O) groups excluding carboxylic acids is 2. The molecule has 5 nitrogen and oxygen atoms in total. The first kappa shape index (κ1) is 17.0. The fourth-order valence-corrected chi connectivity index (χ4v) is 2.64. The number of carbonyl (C=O) groups is 2. The third-order valence-corrected chi connectivity index (χ3v) is 3.94. The first-order valence-corrected chi connectivity index (χ1v) is 7.78. The Morgan fingerprint density at radius 2 is 1.92 bits per heavy atom. The molecule has 1 N–H and O–H groups in total. The lowest BCUT2D eigenvalue weighted by atomic mass is 10.1. The summed E-state index contributed by atoms with van der Waals surface area (Å²) in [6, 6.07) is 10.0. The van der Waals surface area contributed by atoms with Gasteiger partial charge in [0.2, 0.25) is 0 Å².